The number of carbonyl (C=O) groups excluding carboxylic acids is 1. The van der Waals surface area contributed by atoms with Gasteiger partial charge in [-0.25, -0.2) is 0 Å². The van der Waals surface area contributed by atoms with Crippen LogP contribution in [0.1, 0.15) is 15.2 Å². The van der Waals surface area contributed by atoms with E-state index < -0.39 is 4.92 Å². The van der Waals surface area contributed by atoms with Gasteiger partial charge in [-0.2, -0.15) is 0 Å². The van der Waals surface area contributed by atoms with Crippen molar-refractivity contribution in [3.05, 3.63) is 55.9 Å². The Morgan fingerprint density at radius 1 is 1.22 bits per heavy atom. The topological polar surface area (TPSA) is 78.7 Å². The number of nitrogens with zero attached hydrogens (tertiary/aromatic N) is 3. The van der Waals surface area contributed by atoms with Gasteiger partial charge in [0.2, 0.25) is 0 Å². The lowest BCUT2D eigenvalue weighted by Crippen LogP contribution is -2.51. The molecule has 1 fully saturated rings. The van der Waals surface area contributed by atoms with Crippen molar-refractivity contribution in [3.63, 3.8) is 0 Å². The Morgan fingerprint density at radius 3 is 2.52 bits per heavy atom. The molecule has 0 aliphatic carbocycles. The molecule has 7 nitrogen and oxygen atoms in total. The van der Waals surface area contributed by atoms with Crippen LogP contribution >= 0.6 is 35.2 Å². The van der Waals surface area contributed by atoms with Gasteiger partial charge in [0.05, 0.1) is 9.80 Å². The van der Waals surface area contributed by atoms with E-state index in [1.165, 1.54) is 12.1 Å². The summed E-state index contributed by atoms with van der Waals surface area (Å²) in [4.78, 5) is 26.9. The van der Waals surface area contributed by atoms with Crippen LogP contribution in [0.2, 0.25) is 5.02 Å². The lowest BCUT2D eigenvalue weighted by Gasteiger charge is -2.36. The van der Waals surface area contributed by atoms with Crippen LogP contribution in [-0.4, -0.2) is 51.9 Å². The predicted molar refractivity (Wildman–Crippen MR) is 111 cm³/mol. The fourth-order valence-electron chi connectivity index (χ4n) is 2.75. The summed E-state index contributed by atoms with van der Waals surface area (Å²) in [5.41, 5.74) is 1.78. The molecule has 0 saturated carbocycles. The number of carbonyl (C=O) groups is 1. The minimum Gasteiger partial charge on any atom is -0.345 e. The average molecular weight is 425 g/mol. The van der Waals surface area contributed by atoms with Gasteiger partial charge in [-0.1, -0.05) is 29.0 Å². The van der Waals surface area contributed by atoms with Crippen LogP contribution in [0.3, 0.4) is 0 Å². The van der Waals surface area contributed by atoms with Crippen molar-refractivity contribution < 1.29 is 9.72 Å². The second-order valence-electron chi connectivity index (χ2n) is 6.02. The number of thiophene rings is 1. The van der Waals surface area contributed by atoms with E-state index >= 15 is 0 Å². The first-order valence-electron chi connectivity index (χ1n) is 8.21. The number of halogens is 1. The number of nitrogens with one attached hydrogen (secondary N) is 1. The molecule has 0 atom stereocenters. The lowest BCUT2D eigenvalue weighted by atomic mass is 10.2. The molecule has 0 radical (unpaired) electrons. The van der Waals surface area contributed by atoms with Crippen LogP contribution < -0.4 is 5.32 Å². The molecular weight excluding hydrogens is 408 g/mol. The Morgan fingerprint density at radius 2 is 1.89 bits per heavy atom. The number of anilines is 1. The maximum absolute atomic E-state index is 12.5. The van der Waals surface area contributed by atoms with Gasteiger partial charge in [0.15, 0.2) is 5.11 Å². The number of benzene rings is 1. The molecule has 0 spiro atoms. The molecule has 3 rings (SSSR count). The second kappa shape index (κ2) is 8.20. The van der Waals surface area contributed by atoms with Crippen molar-refractivity contribution in [1.82, 2.24) is 9.80 Å². The fraction of sp³-hybridized carbons (Fsp3) is 0.294. The lowest BCUT2D eigenvalue weighted by molar-refractivity contribution is -0.380. The van der Waals surface area contributed by atoms with Gasteiger partial charge < -0.3 is 15.1 Å². The molecule has 1 aliphatic heterocycles. The summed E-state index contributed by atoms with van der Waals surface area (Å²) in [6.45, 7) is 4.10. The predicted octanol–water partition coefficient (Wildman–Crippen LogP) is 3.77. The van der Waals surface area contributed by atoms with Crippen molar-refractivity contribution in [2.24, 2.45) is 0 Å². The normalized spacial score (nSPS) is 14.1. The van der Waals surface area contributed by atoms with Gasteiger partial charge in [0.1, 0.15) is 0 Å². The first-order valence-corrected chi connectivity index (χ1v) is 9.81. The van der Waals surface area contributed by atoms with E-state index in [2.05, 4.69) is 5.32 Å². The van der Waals surface area contributed by atoms with Crippen LogP contribution in [0.4, 0.5) is 10.7 Å². The van der Waals surface area contributed by atoms with E-state index in [-0.39, 0.29) is 10.9 Å². The Bertz CT molecular complexity index is 894. The van der Waals surface area contributed by atoms with E-state index in [1.807, 2.05) is 30.0 Å². The molecule has 1 amide bonds. The van der Waals surface area contributed by atoms with Gasteiger partial charge in [-0.3, -0.25) is 14.9 Å². The molecule has 10 heteroatoms. The third-order valence-corrected chi connectivity index (χ3v) is 6.14. The molecule has 1 aliphatic rings. The molecule has 0 bridgehead atoms. The summed E-state index contributed by atoms with van der Waals surface area (Å²) in [5, 5.41) is 15.2. The molecule has 0 unspecified atom stereocenters. The van der Waals surface area contributed by atoms with Crippen molar-refractivity contribution in [3.8, 4) is 0 Å². The molecule has 27 heavy (non-hydrogen) atoms. The Balaban J connectivity index is 1.57. The monoisotopic (exact) mass is 424 g/mol. The minimum atomic E-state index is -0.485. The maximum Gasteiger partial charge on any atom is 0.324 e. The van der Waals surface area contributed by atoms with E-state index in [4.69, 9.17) is 23.8 Å². The largest absolute Gasteiger partial charge is 0.345 e. The smallest absolute Gasteiger partial charge is 0.324 e. The number of hydrogen-bond donors (Lipinski definition) is 1. The van der Waals surface area contributed by atoms with Crippen molar-refractivity contribution in [2.75, 3.05) is 31.5 Å². The molecule has 2 heterocycles. The van der Waals surface area contributed by atoms with Crippen molar-refractivity contribution in [1.29, 1.82) is 0 Å². The van der Waals surface area contributed by atoms with Crippen LogP contribution in [0.25, 0.3) is 0 Å². The quantitative estimate of drug-likeness (QED) is 0.459. The Hall–Kier alpha value is -2.23. The van der Waals surface area contributed by atoms with Crippen molar-refractivity contribution in [2.45, 2.75) is 6.92 Å². The Kier molecular flexibility index (Phi) is 5.93. The van der Waals surface area contributed by atoms with E-state index in [0.29, 0.717) is 41.2 Å². The Labute approximate surface area is 170 Å². The molecule has 2 aromatic rings. The van der Waals surface area contributed by atoms with Crippen LogP contribution in [0.15, 0.2) is 30.3 Å². The summed E-state index contributed by atoms with van der Waals surface area (Å²) >= 11 is 12.5. The fourth-order valence-corrected chi connectivity index (χ4v) is 4.00. The molecule has 1 saturated heterocycles. The summed E-state index contributed by atoms with van der Waals surface area (Å²) in [6.07, 6.45) is 0. The van der Waals surface area contributed by atoms with Crippen LogP contribution in [0, 0.1) is 17.0 Å². The maximum atomic E-state index is 12.5. The second-order valence-corrected chi connectivity index (χ2v) is 7.87. The standard InChI is InChI=1S/C17H17ClN4O3S2/c1-11-12(18)3-2-4-13(11)19-17(26)21-9-7-20(8-10-21)16(23)14-5-6-15(27-14)22(24)25/h2-6H,7-10H2,1H3,(H,19,26). The number of thiocarbonyl (C=S) groups is 1. The summed E-state index contributed by atoms with van der Waals surface area (Å²) in [6, 6.07) is 8.46. The molecule has 142 valence electrons. The minimum absolute atomic E-state index is 0.0285. The molecular formula is C17H17ClN4O3S2. The summed E-state index contributed by atoms with van der Waals surface area (Å²) in [7, 11) is 0. The van der Waals surface area contributed by atoms with Gasteiger partial charge in [-0.15, -0.1) is 0 Å². The van der Waals surface area contributed by atoms with E-state index in [9.17, 15) is 14.9 Å². The van der Waals surface area contributed by atoms with E-state index in [0.717, 1.165) is 22.6 Å². The van der Waals surface area contributed by atoms with Gasteiger partial charge in [0, 0.05) is 43.0 Å². The first kappa shape index (κ1) is 19.5. The zero-order chi connectivity index (χ0) is 19.6. The van der Waals surface area contributed by atoms with Gasteiger partial charge >= 0.3 is 5.00 Å². The van der Waals surface area contributed by atoms with Crippen LogP contribution in [-0.2, 0) is 0 Å². The van der Waals surface area contributed by atoms with Crippen LogP contribution in [0.5, 0.6) is 0 Å². The van der Waals surface area contributed by atoms with E-state index in [1.54, 1.807) is 4.90 Å². The SMILES string of the molecule is Cc1c(Cl)cccc1NC(=S)N1CCN(C(=O)c2ccc([N+](=O)[O-])s2)CC1. The summed E-state index contributed by atoms with van der Waals surface area (Å²) in [5.74, 6) is -0.183. The van der Waals surface area contributed by atoms with Gasteiger partial charge in [0.25, 0.3) is 5.91 Å². The highest BCUT2D eigenvalue weighted by Crippen LogP contribution is 2.26. The number of piperazine rings is 1. The zero-order valence-electron chi connectivity index (χ0n) is 14.5. The number of rotatable bonds is 3. The average Bonchev–Trinajstić information content (AvgIpc) is 3.15. The number of amides is 1. The third-order valence-electron chi connectivity index (χ3n) is 4.35. The number of nitro groups is 1. The zero-order valence-corrected chi connectivity index (χ0v) is 16.9. The molecule has 1 N–H and O–H groups in total. The molecule has 1 aromatic carbocycles. The highest BCUT2D eigenvalue weighted by molar-refractivity contribution is 7.80. The molecule has 1 aromatic heterocycles. The highest BCUT2D eigenvalue weighted by Gasteiger charge is 2.25. The summed E-state index contributed by atoms with van der Waals surface area (Å²) < 4.78 is 0. The first-order chi connectivity index (χ1) is 12.9. The van der Waals surface area contributed by atoms with Gasteiger partial charge in [-0.05, 0) is 42.9 Å². The third kappa shape index (κ3) is 4.37. The number of hydrogen-bond acceptors (Lipinski definition) is 5. The highest BCUT2D eigenvalue weighted by atomic mass is 35.5. The van der Waals surface area contributed by atoms with Crippen molar-refractivity contribution >= 4 is 56.9 Å².